The fourth-order valence-electron chi connectivity index (χ4n) is 3.75. The van der Waals surface area contributed by atoms with E-state index in [1.807, 2.05) is 12.1 Å². The van der Waals surface area contributed by atoms with Crippen LogP contribution in [0.5, 0.6) is 0 Å². The molecule has 3 rings (SSSR count). The molecule has 110 valence electrons. The summed E-state index contributed by atoms with van der Waals surface area (Å²) >= 11 is 6.09. The van der Waals surface area contributed by atoms with E-state index < -0.39 is 0 Å². The van der Waals surface area contributed by atoms with Crippen molar-refractivity contribution in [1.29, 1.82) is 0 Å². The highest BCUT2D eigenvalue weighted by molar-refractivity contribution is 6.30. The van der Waals surface area contributed by atoms with E-state index in [1.54, 1.807) is 0 Å². The largest absolute Gasteiger partial charge is 0.369 e. The molecule has 0 N–H and O–H groups in total. The summed E-state index contributed by atoms with van der Waals surface area (Å²) < 4.78 is 0. The van der Waals surface area contributed by atoms with Crippen LogP contribution in [0.2, 0.25) is 5.02 Å². The Balaban J connectivity index is 1.56. The van der Waals surface area contributed by atoms with E-state index in [9.17, 15) is 0 Å². The van der Waals surface area contributed by atoms with Crippen molar-refractivity contribution in [3.63, 3.8) is 0 Å². The average Bonchev–Trinajstić information content (AvgIpc) is 2.47. The minimum atomic E-state index is 0.834. The standard InChI is InChI=1S/C17H25ClN2/c1-14-4-2-6-16(12-14)19-8-10-20(11-9-19)17-7-3-5-15(18)13-17/h3,5,7,13-14,16H,2,4,6,8-12H2,1H3/t14-,16+/m1/s1. The lowest BCUT2D eigenvalue weighted by atomic mass is 9.86. The van der Waals surface area contributed by atoms with E-state index in [4.69, 9.17) is 11.6 Å². The summed E-state index contributed by atoms with van der Waals surface area (Å²) in [4.78, 5) is 5.19. The van der Waals surface area contributed by atoms with Gasteiger partial charge in [-0.25, -0.2) is 0 Å². The molecule has 0 unspecified atom stereocenters. The van der Waals surface area contributed by atoms with Gasteiger partial charge < -0.3 is 4.90 Å². The van der Waals surface area contributed by atoms with Crippen molar-refractivity contribution in [2.45, 2.75) is 38.6 Å². The van der Waals surface area contributed by atoms with Crippen LogP contribution >= 0.6 is 11.6 Å². The highest BCUT2D eigenvalue weighted by atomic mass is 35.5. The molecule has 0 bridgehead atoms. The van der Waals surface area contributed by atoms with Gasteiger partial charge in [-0.2, -0.15) is 0 Å². The third-order valence-corrected chi connectivity index (χ3v) is 5.15. The number of anilines is 1. The minimum Gasteiger partial charge on any atom is -0.369 e. The van der Waals surface area contributed by atoms with E-state index >= 15 is 0 Å². The number of rotatable bonds is 2. The van der Waals surface area contributed by atoms with Gasteiger partial charge in [0.25, 0.3) is 0 Å². The summed E-state index contributed by atoms with van der Waals surface area (Å²) in [7, 11) is 0. The number of hydrogen-bond donors (Lipinski definition) is 0. The maximum atomic E-state index is 6.09. The normalized spacial score (nSPS) is 28.6. The Morgan fingerprint density at radius 3 is 2.60 bits per heavy atom. The monoisotopic (exact) mass is 292 g/mol. The summed E-state index contributed by atoms with van der Waals surface area (Å²) in [6.45, 7) is 7.07. The topological polar surface area (TPSA) is 6.48 Å². The van der Waals surface area contributed by atoms with E-state index in [-0.39, 0.29) is 0 Å². The second-order valence-corrected chi connectivity index (χ2v) is 6.86. The smallest absolute Gasteiger partial charge is 0.0426 e. The summed E-state index contributed by atoms with van der Waals surface area (Å²) in [6.07, 6.45) is 5.65. The molecule has 0 aromatic heterocycles. The zero-order chi connectivity index (χ0) is 13.9. The summed E-state index contributed by atoms with van der Waals surface area (Å²) in [5, 5.41) is 0.839. The van der Waals surface area contributed by atoms with Crippen LogP contribution in [0.1, 0.15) is 32.6 Å². The zero-order valence-electron chi connectivity index (χ0n) is 12.4. The molecular formula is C17H25ClN2. The molecule has 1 aromatic carbocycles. The fraction of sp³-hybridized carbons (Fsp3) is 0.647. The van der Waals surface area contributed by atoms with Crippen LogP contribution in [-0.4, -0.2) is 37.1 Å². The summed E-state index contributed by atoms with van der Waals surface area (Å²) in [6, 6.07) is 9.09. The maximum Gasteiger partial charge on any atom is 0.0426 e. The van der Waals surface area contributed by atoms with Gasteiger partial charge in [0.05, 0.1) is 0 Å². The molecule has 2 aliphatic rings. The second-order valence-electron chi connectivity index (χ2n) is 6.43. The van der Waals surface area contributed by atoms with Gasteiger partial charge in [-0.05, 0) is 37.0 Å². The van der Waals surface area contributed by atoms with Crippen molar-refractivity contribution in [3.8, 4) is 0 Å². The van der Waals surface area contributed by atoms with Gasteiger partial charge in [0.2, 0.25) is 0 Å². The Morgan fingerprint density at radius 1 is 1.10 bits per heavy atom. The minimum absolute atomic E-state index is 0.834. The molecular weight excluding hydrogens is 268 g/mol. The van der Waals surface area contributed by atoms with Gasteiger partial charge in [-0.1, -0.05) is 37.4 Å². The van der Waals surface area contributed by atoms with Gasteiger partial charge >= 0.3 is 0 Å². The predicted octanol–water partition coefficient (Wildman–Crippen LogP) is 4.04. The number of nitrogens with zero attached hydrogens (tertiary/aromatic N) is 2. The third-order valence-electron chi connectivity index (χ3n) is 4.91. The molecule has 2 atom stereocenters. The summed E-state index contributed by atoms with van der Waals surface area (Å²) in [5.74, 6) is 0.916. The van der Waals surface area contributed by atoms with Crippen molar-refractivity contribution < 1.29 is 0 Å². The molecule has 1 saturated carbocycles. The van der Waals surface area contributed by atoms with Gasteiger partial charge in [0.1, 0.15) is 0 Å². The molecule has 0 spiro atoms. The first-order chi connectivity index (χ1) is 9.72. The molecule has 20 heavy (non-hydrogen) atoms. The molecule has 1 aliphatic heterocycles. The van der Waals surface area contributed by atoms with Crippen molar-refractivity contribution >= 4 is 17.3 Å². The van der Waals surface area contributed by atoms with Gasteiger partial charge in [-0.3, -0.25) is 4.90 Å². The molecule has 2 fully saturated rings. The zero-order valence-corrected chi connectivity index (χ0v) is 13.1. The van der Waals surface area contributed by atoms with Crippen LogP contribution in [0.3, 0.4) is 0 Å². The third kappa shape index (κ3) is 3.29. The molecule has 2 nitrogen and oxygen atoms in total. The van der Waals surface area contributed by atoms with Gasteiger partial charge in [-0.15, -0.1) is 0 Å². The van der Waals surface area contributed by atoms with Crippen LogP contribution in [-0.2, 0) is 0 Å². The highest BCUT2D eigenvalue weighted by Crippen LogP contribution is 2.29. The van der Waals surface area contributed by atoms with E-state index in [2.05, 4.69) is 28.9 Å². The lowest BCUT2D eigenvalue weighted by molar-refractivity contribution is 0.127. The van der Waals surface area contributed by atoms with Crippen LogP contribution < -0.4 is 4.90 Å². The van der Waals surface area contributed by atoms with Crippen molar-refractivity contribution in [1.82, 2.24) is 4.90 Å². The first-order valence-electron chi connectivity index (χ1n) is 7.97. The first kappa shape index (κ1) is 14.2. The van der Waals surface area contributed by atoms with Crippen LogP contribution in [0.4, 0.5) is 5.69 Å². The Morgan fingerprint density at radius 2 is 1.90 bits per heavy atom. The molecule has 1 heterocycles. The quantitative estimate of drug-likeness (QED) is 0.812. The van der Waals surface area contributed by atoms with Crippen molar-refractivity contribution in [3.05, 3.63) is 29.3 Å². The Hall–Kier alpha value is -0.730. The maximum absolute atomic E-state index is 6.09. The lowest BCUT2D eigenvalue weighted by Gasteiger charge is -2.42. The molecule has 0 radical (unpaired) electrons. The molecule has 0 amide bonds. The van der Waals surface area contributed by atoms with E-state index in [0.29, 0.717) is 0 Å². The fourth-order valence-corrected chi connectivity index (χ4v) is 3.94. The van der Waals surface area contributed by atoms with Crippen molar-refractivity contribution in [2.24, 2.45) is 5.92 Å². The Labute approximate surface area is 127 Å². The molecule has 1 saturated heterocycles. The van der Waals surface area contributed by atoms with Gasteiger partial charge in [0.15, 0.2) is 0 Å². The average molecular weight is 293 g/mol. The van der Waals surface area contributed by atoms with E-state index in [0.717, 1.165) is 30.1 Å². The van der Waals surface area contributed by atoms with Crippen LogP contribution in [0, 0.1) is 5.92 Å². The van der Waals surface area contributed by atoms with Crippen molar-refractivity contribution in [2.75, 3.05) is 31.1 Å². The predicted molar refractivity (Wildman–Crippen MR) is 86.7 cm³/mol. The van der Waals surface area contributed by atoms with Crippen LogP contribution in [0.15, 0.2) is 24.3 Å². The highest BCUT2D eigenvalue weighted by Gasteiger charge is 2.27. The Kier molecular flexibility index (Phi) is 4.52. The SMILES string of the molecule is C[C@@H]1CCC[C@H](N2CCN(c3cccc(Cl)c3)CC2)C1. The number of benzene rings is 1. The molecule has 1 aliphatic carbocycles. The lowest BCUT2D eigenvalue weighted by Crippen LogP contribution is -2.51. The molecule has 3 heteroatoms. The van der Waals surface area contributed by atoms with Gasteiger partial charge in [0, 0.05) is 42.9 Å². The van der Waals surface area contributed by atoms with E-state index in [1.165, 1.54) is 44.5 Å². The Bertz CT molecular complexity index is 440. The number of piperazine rings is 1. The number of halogens is 1. The summed E-state index contributed by atoms with van der Waals surface area (Å²) in [5.41, 5.74) is 1.27. The second kappa shape index (κ2) is 6.36. The molecule has 1 aromatic rings. The van der Waals surface area contributed by atoms with Crippen LogP contribution in [0.25, 0.3) is 0 Å². The number of hydrogen-bond acceptors (Lipinski definition) is 2. The first-order valence-corrected chi connectivity index (χ1v) is 8.35.